The van der Waals surface area contributed by atoms with E-state index in [2.05, 4.69) is 23.8 Å². The van der Waals surface area contributed by atoms with E-state index in [4.69, 9.17) is 16.6 Å². The normalized spacial score (nSPS) is 15.1. The Kier molecular flexibility index (Phi) is 5.05. The number of carbonyl (C=O) groups is 1. The van der Waals surface area contributed by atoms with Gasteiger partial charge in [-0.2, -0.15) is 5.10 Å². The van der Waals surface area contributed by atoms with E-state index in [1.807, 2.05) is 41.6 Å². The van der Waals surface area contributed by atoms with Gasteiger partial charge >= 0.3 is 0 Å². The predicted molar refractivity (Wildman–Crippen MR) is 115 cm³/mol. The smallest absolute Gasteiger partial charge is 0.274 e. The van der Waals surface area contributed by atoms with Gasteiger partial charge in [0, 0.05) is 42.9 Å². The van der Waals surface area contributed by atoms with Crippen molar-refractivity contribution >= 4 is 44.2 Å². The van der Waals surface area contributed by atoms with Crippen molar-refractivity contribution in [3.63, 3.8) is 0 Å². The first kappa shape index (κ1) is 19.2. The first-order valence-corrected chi connectivity index (χ1v) is 10.7. The Balaban J connectivity index is 1.47. The molecule has 3 heterocycles. The number of carbonyl (C=O) groups excluding carboxylic acids is 1. The third-order valence-electron chi connectivity index (χ3n) is 5.20. The number of halogens is 1. The van der Waals surface area contributed by atoms with Crippen LogP contribution >= 0.6 is 22.9 Å². The molecule has 0 radical (unpaired) electrons. The van der Waals surface area contributed by atoms with Gasteiger partial charge in [0.25, 0.3) is 5.91 Å². The van der Waals surface area contributed by atoms with Crippen LogP contribution < -0.4 is 4.90 Å². The van der Waals surface area contributed by atoms with Gasteiger partial charge in [-0.05, 0) is 51.5 Å². The monoisotopic (exact) mass is 417 g/mol. The van der Waals surface area contributed by atoms with Crippen LogP contribution in [0, 0.1) is 13.8 Å². The van der Waals surface area contributed by atoms with E-state index in [9.17, 15) is 4.79 Å². The molecule has 0 bridgehead atoms. The van der Waals surface area contributed by atoms with E-state index >= 15 is 0 Å². The van der Waals surface area contributed by atoms with Crippen molar-refractivity contribution in [2.24, 2.45) is 0 Å². The summed E-state index contributed by atoms with van der Waals surface area (Å²) in [6.45, 7) is 11.0. The molecule has 148 valence electrons. The van der Waals surface area contributed by atoms with E-state index in [1.165, 1.54) is 0 Å². The Labute approximate surface area is 173 Å². The van der Waals surface area contributed by atoms with Gasteiger partial charge in [-0.1, -0.05) is 22.9 Å². The van der Waals surface area contributed by atoms with Crippen LogP contribution in [0.1, 0.15) is 41.6 Å². The first-order chi connectivity index (χ1) is 13.3. The maximum atomic E-state index is 12.9. The fraction of sp³-hybridized carbons (Fsp3) is 0.450. The van der Waals surface area contributed by atoms with Crippen LogP contribution in [-0.4, -0.2) is 51.8 Å². The molecule has 0 spiro atoms. The highest BCUT2D eigenvalue weighted by atomic mass is 35.5. The molecule has 8 heteroatoms. The van der Waals surface area contributed by atoms with Crippen molar-refractivity contribution in [1.82, 2.24) is 19.7 Å². The van der Waals surface area contributed by atoms with Gasteiger partial charge < -0.3 is 9.80 Å². The number of thiazole rings is 1. The lowest BCUT2D eigenvalue weighted by Crippen LogP contribution is -2.48. The maximum Gasteiger partial charge on any atom is 0.274 e. The molecule has 2 aromatic heterocycles. The molecule has 0 unspecified atom stereocenters. The summed E-state index contributed by atoms with van der Waals surface area (Å²) in [5.74, 6) is 0.00840. The summed E-state index contributed by atoms with van der Waals surface area (Å²) >= 11 is 7.90. The summed E-state index contributed by atoms with van der Waals surface area (Å²) in [6.07, 6.45) is 0. The lowest BCUT2D eigenvalue weighted by Gasteiger charge is -2.34. The Morgan fingerprint density at radius 2 is 1.89 bits per heavy atom. The van der Waals surface area contributed by atoms with Crippen LogP contribution in [0.3, 0.4) is 0 Å². The first-order valence-electron chi connectivity index (χ1n) is 9.51. The molecule has 1 aliphatic rings. The quantitative estimate of drug-likeness (QED) is 0.637. The number of fused-ring (bicyclic) bond motifs is 1. The Morgan fingerprint density at radius 3 is 2.54 bits per heavy atom. The van der Waals surface area contributed by atoms with Gasteiger partial charge in [-0.3, -0.25) is 9.48 Å². The summed E-state index contributed by atoms with van der Waals surface area (Å²) in [4.78, 5) is 21.8. The van der Waals surface area contributed by atoms with Crippen molar-refractivity contribution in [3.05, 3.63) is 40.2 Å². The minimum atomic E-state index is 0.00840. The molecule has 1 fully saturated rings. The fourth-order valence-electron chi connectivity index (χ4n) is 3.60. The molecule has 1 saturated heterocycles. The van der Waals surface area contributed by atoms with Gasteiger partial charge in [-0.25, -0.2) is 4.98 Å². The summed E-state index contributed by atoms with van der Waals surface area (Å²) in [5.41, 5.74) is 3.54. The minimum absolute atomic E-state index is 0.00840. The summed E-state index contributed by atoms with van der Waals surface area (Å²) in [7, 11) is 0. The number of aryl methyl sites for hydroxylation is 2. The van der Waals surface area contributed by atoms with Crippen molar-refractivity contribution < 1.29 is 4.79 Å². The third-order valence-corrected chi connectivity index (χ3v) is 6.70. The molecule has 3 aromatic rings. The maximum absolute atomic E-state index is 12.9. The highest BCUT2D eigenvalue weighted by Gasteiger charge is 2.26. The highest BCUT2D eigenvalue weighted by molar-refractivity contribution is 7.22. The van der Waals surface area contributed by atoms with Crippen molar-refractivity contribution in [3.8, 4) is 0 Å². The van der Waals surface area contributed by atoms with Crippen LogP contribution in [-0.2, 0) is 0 Å². The van der Waals surface area contributed by atoms with Gasteiger partial charge in [0.1, 0.15) is 0 Å². The second kappa shape index (κ2) is 7.37. The number of amides is 1. The molecule has 1 amide bonds. The van der Waals surface area contributed by atoms with Gasteiger partial charge in [0.05, 0.1) is 10.2 Å². The number of benzene rings is 1. The van der Waals surface area contributed by atoms with Crippen LogP contribution in [0.4, 0.5) is 5.13 Å². The molecular weight excluding hydrogens is 394 g/mol. The van der Waals surface area contributed by atoms with Crippen molar-refractivity contribution in [2.75, 3.05) is 31.1 Å². The predicted octanol–water partition coefficient (Wildman–Crippen LogP) is 4.31. The zero-order valence-electron chi connectivity index (χ0n) is 16.6. The molecule has 1 aromatic carbocycles. The average molecular weight is 418 g/mol. The number of anilines is 1. The molecule has 0 N–H and O–H groups in total. The van der Waals surface area contributed by atoms with E-state index in [-0.39, 0.29) is 11.9 Å². The molecule has 28 heavy (non-hydrogen) atoms. The molecule has 1 aliphatic heterocycles. The lowest BCUT2D eigenvalue weighted by molar-refractivity contribution is 0.0739. The van der Waals surface area contributed by atoms with E-state index in [1.54, 1.807) is 11.3 Å². The van der Waals surface area contributed by atoms with E-state index < -0.39 is 0 Å². The molecule has 0 atom stereocenters. The van der Waals surface area contributed by atoms with Gasteiger partial charge in [-0.15, -0.1) is 0 Å². The Bertz CT molecular complexity index is 1030. The Hall–Kier alpha value is -2.12. The van der Waals surface area contributed by atoms with Gasteiger partial charge in [0.2, 0.25) is 0 Å². The molecular formula is C20H24ClN5OS. The third kappa shape index (κ3) is 3.37. The van der Waals surface area contributed by atoms with Crippen molar-refractivity contribution in [2.45, 2.75) is 33.7 Å². The van der Waals surface area contributed by atoms with Crippen LogP contribution in [0.2, 0.25) is 5.02 Å². The standard InChI is InChI=1S/C20H24ClN5OS/c1-12(2)26-13(3)11-16(23-26)19(27)24-7-9-25(10-8-24)20-22-18-14(4)15(21)5-6-17(18)28-20/h5-6,11-12H,7-10H2,1-4H3. The minimum Gasteiger partial charge on any atom is -0.345 e. The van der Waals surface area contributed by atoms with E-state index in [0.29, 0.717) is 18.8 Å². The molecule has 4 rings (SSSR count). The number of hydrogen-bond donors (Lipinski definition) is 0. The average Bonchev–Trinajstić information content (AvgIpc) is 3.28. The number of nitrogens with zero attached hydrogens (tertiary/aromatic N) is 5. The highest BCUT2D eigenvalue weighted by Crippen LogP contribution is 2.33. The fourth-order valence-corrected chi connectivity index (χ4v) is 4.83. The number of aromatic nitrogens is 3. The number of piperazine rings is 1. The summed E-state index contributed by atoms with van der Waals surface area (Å²) in [6, 6.07) is 6.08. The summed E-state index contributed by atoms with van der Waals surface area (Å²) in [5, 5.41) is 6.24. The molecule has 0 aliphatic carbocycles. The second-order valence-electron chi connectivity index (χ2n) is 7.50. The second-order valence-corrected chi connectivity index (χ2v) is 8.92. The van der Waals surface area contributed by atoms with Crippen molar-refractivity contribution in [1.29, 1.82) is 0 Å². The number of rotatable bonds is 3. The SMILES string of the molecule is Cc1c(Cl)ccc2sc(N3CCN(C(=O)c4cc(C)n(C(C)C)n4)CC3)nc12. The zero-order chi connectivity index (χ0) is 20.0. The molecule has 0 saturated carbocycles. The lowest BCUT2D eigenvalue weighted by atomic mass is 10.2. The van der Waals surface area contributed by atoms with Gasteiger partial charge in [0.15, 0.2) is 10.8 Å². The molecule has 6 nitrogen and oxygen atoms in total. The Morgan fingerprint density at radius 1 is 1.18 bits per heavy atom. The summed E-state index contributed by atoms with van der Waals surface area (Å²) < 4.78 is 3.04. The number of hydrogen-bond acceptors (Lipinski definition) is 5. The zero-order valence-corrected chi connectivity index (χ0v) is 18.1. The van der Waals surface area contributed by atoms with Crippen LogP contribution in [0.5, 0.6) is 0 Å². The van der Waals surface area contributed by atoms with E-state index in [0.717, 1.165) is 44.7 Å². The van der Waals surface area contributed by atoms with Crippen LogP contribution in [0.15, 0.2) is 18.2 Å². The topological polar surface area (TPSA) is 54.3 Å². The largest absolute Gasteiger partial charge is 0.345 e. The van der Waals surface area contributed by atoms with Crippen LogP contribution in [0.25, 0.3) is 10.2 Å².